The Kier molecular flexibility index (Phi) is 6.53. The number of hydrogen-bond donors (Lipinski definition) is 2. The van der Waals surface area contributed by atoms with Gasteiger partial charge in [-0.15, -0.1) is 0 Å². The molecule has 3 N–H and O–H groups in total. The highest BCUT2D eigenvalue weighted by atomic mass is 16.5. The van der Waals surface area contributed by atoms with E-state index in [0.29, 0.717) is 6.61 Å². The Morgan fingerprint density at radius 3 is 2.47 bits per heavy atom. The lowest BCUT2D eigenvalue weighted by Gasteiger charge is -2.13. The fourth-order valence-corrected chi connectivity index (χ4v) is 1.91. The first-order chi connectivity index (χ1) is 9.08. The standard InChI is InChI=1S/C15H24N2O2/c1-4-5-11(2)19-10-13-6-8-14(9-7-13)12(3)15(18)17-16/h6-9,11-12H,4-5,10,16H2,1-3H3,(H,17,18). The van der Waals surface area contributed by atoms with Crippen molar-refractivity contribution < 1.29 is 9.53 Å². The molecule has 0 aromatic heterocycles. The van der Waals surface area contributed by atoms with Crippen molar-refractivity contribution in [2.24, 2.45) is 5.84 Å². The third-order valence-electron chi connectivity index (χ3n) is 3.24. The molecular formula is C15H24N2O2. The summed E-state index contributed by atoms with van der Waals surface area (Å²) in [5.41, 5.74) is 4.24. The van der Waals surface area contributed by atoms with Crippen LogP contribution in [0.5, 0.6) is 0 Å². The van der Waals surface area contributed by atoms with Crippen molar-refractivity contribution >= 4 is 5.91 Å². The lowest BCUT2D eigenvalue weighted by Crippen LogP contribution is -2.33. The summed E-state index contributed by atoms with van der Waals surface area (Å²) in [5.74, 6) is 4.71. The minimum atomic E-state index is -0.237. The molecule has 1 aromatic carbocycles. The van der Waals surface area contributed by atoms with Crippen LogP contribution in [0.4, 0.5) is 0 Å². The second-order valence-corrected chi connectivity index (χ2v) is 4.88. The number of hydrazine groups is 1. The third kappa shape index (κ3) is 5.01. The van der Waals surface area contributed by atoms with E-state index in [1.807, 2.05) is 31.2 Å². The van der Waals surface area contributed by atoms with Crippen LogP contribution in [0.25, 0.3) is 0 Å². The van der Waals surface area contributed by atoms with E-state index < -0.39 is 0 Å². The van der Waals surface area contributed by atoms with Gasteiger partial charge in [0.25, 0.3) is 0 Å². The Morgan fingerprint density at radius 2 is 1.95 bits per heavy atom. The van der Waals surface area contributed by atoms with E-state index in [1.165, 1.54) is 0 Å². The summed E-state index contributed by atoms with van der Waals surface area (Å²) in [6.07, 6.45) is 2.49. The van der Waals surface area contributed by atoms with Gasteiger partial charge in [0.15, 0.2) is 0 Å². The predicted octanol–water partition coefficient (Wildman–Crippen LogP) is 2.49. The van der Waals surface area contributed by atoms with E-state index in [4.69, 9.17) is 10.6 Å². The molecule has 1 aromatic rings. The summed E-state index contributed by atoms with van der Waals surface area (Å²) in [6.45, 7) is 6.68. The van der Waals surface area contributed by atoms with E-state index in [-0.39, 0.29) is 17.9 Å². The van der Waals surface area contributed by atoms with Crippen molar-refractivity contribution in [2.45, 2.75) is 52.2 Å². The molecular weight excluding hydrogens is 240 g/mol. The van der Waals surface area contributed by atoms with Gasteiger partial charge in [-0.2, -0.15) is 0 Å². The number of carbonyl (C=O) groups is 1. The van der Waals surface area contributed by atoms with Gasteiger partial charge < -0.3 is 4.74 Å². The molecule has 0 bridgehead atoms. The number of amides is 1. The van der Waals surface area contributed by atoms with Crippen LogP contribution >= 0.6 is 0 Å². The monoisotopic (exact) mass is 264 g/mol. The first-order valence-corrected chi connectivity index (χ1v) is 6.79. The average molecular weight is 264 g/mol. The highest BCUT2D eigenvalue weighted by Crippen LogP contribution is 2.16. The molecule has 1 rings (SSSR count). The van der Waals surface area contributed by atoms with Crippen molar-refractivity contribution in [2.75, 3.05) is 0 Å². The van der Waals surface area contributed by atoms with Crippen molar-refractivity contribution in [3.05, 3.63) is 35.4 Å². The zero-order valence-corrected chi connectivity index (χ0v) is 12.0. The van der Waals surface area contributed by atoms with Crippen molar-refractivity contribution in [1.82, 2.24) is 5.43 Å². The van der Waals surface area contributed by atoms with Crippen LogP contribution in [0.3, 0.4) is 0 Å². The zero-order chi connectivity index (χ0) is 14.3. The molecule has 106 valence electrons. The maximum absolute atomic E-state index is 11.4. The Labute approximate surface area is 115 Å². The molecule has 2 atom stereocenters. The molecule has 0 saturated heterocycles. The number of rotatable bonds is 7. The highest BCUT2D eigenvalue weighted by Gasteiger charge is 2.13. The molecule has 0 saturated carbocycles. The maximum Gasteiger partial charge on any atom is 0.241 e. The number of nitrogens with one attached hydrogen (secondary N) is 1. The second kappa shape index (κ2) is 7.92. The summed E-state index contributed by atoms with van der Waals surface area (Å²) in [7, 11) is 0. The molecule has 0 aliphatic rings. The van der Waals surface area contributed by atoms with Crippen molar-refractivity contribution in [1.29, 1.82) is 0 Å². The van der Waals surface area contributed by atoms with Crippen LogP contribution in [0, 0.1) is 0 Å². The van der Waals surface area contributed by atoms with E-state index >= 15 is 0 Å². The lowest BCUT2D eigenvalue weighted by molar-refractivity contribution is -0.122. The van der Waals surface area contributed by atoms with Crippen molar-refractivity contribution in [3.8, 4) is 0 Å². The maximum atomic E-state index is 11.4. The Balaban J connectivity index is 2.54. The van der Waals surface area contributed by atoms with Crippen LogP contribution in [0.2, 0.25) is 0 Å². The van der Waals surface area contributed by atoms with E-state index in [0.717, 1.165) is 24.0 Å². The first-order valence-electron chi connectivity index (χ1n) is 6.79. The van der Waals surface area contributed by atoms with Crippen molar-refractivity contribution in [3.63, 3.8) is 0 Å². The topological polar surface area (TPSA) is 64.3 Å². The van der Waals surface area contributed by atoms with Gasteiger partial charge in [-0.1, -0.05) is 37.6 Å². The van der Waals surface area contributed by atoms with Crippen LogP contribution in [0.15, 0.2) is 24.3 Å². The van der Waals surface area contributed by atoms with E-state index in [2.05, 4.69) is 19.3 Å². The molecule has 0 aliphatic heterocycles. The third-order valence-corrected chi connectivity index (χ3v) is 3.24. The molecule has 0 aliphatic carbocycles. The van der Waals surface area contributed by atoms with Gasteiger partial charge in [-0.3, -0.25) is 10.2 Å². The normalized spacial score (nSPS) is 13.9. The molecule has 1 amide bonds. The SMILES string of the molecule is CCCC(C)OCc1ccc(C(C)C(=O)NN)cc1. The fraction of sp³-hybridized carbons (Fsp3) is 0.533. The van der Waals surface area contributed by atoms with Crippen LogP contribution in [0.1, 0.15) is 50.7 Å². The number of hydrogen-bond acceptors (Lipinski definition) is 3. The van der Waals surface area contributed by atoms with Crippen LogP contribution < -0.4 is 11.3 Å². The number of ether oxygens (including phenoxy) is 1. The van der Waals surface area contributed by atoms with Gasteiger partial charge in [0.1, 0.15) is 0 Å². The highest BCUT2D eigenvalue weighted by molar-refractivity contribution is 5.82. The smallest absolute Gasteiger partial charge is 0.241 e. The summed E-state index contributed by atoms with van der Waals surface area (Å²) in [4.78, 5) is 11.4. The number of benzene rings is 1. The Bertz CT molecular complexity index is 390. The van der Waals surface area contributed by atoms with Gasteiger partial charge in [-0.05, 0) is 31.4 Å². The minimum absolute atomic E-state index is 0.180. The quantitative estimate of drug-likeness (QED) is 0.452. The Morgan fingerprint density at radius 1 is 1.32 bits per heavy atom. The first kappa shape index (κ1) is 15.7. The van der Waals surface area contributed by atoms with Gasteiger partial charge >= 0.3 is 0 Å². The molecule has 4 nitrogen and oxygen atoms in total. The molecule has 0 radical (unpaired) electrons. The molecule has 0 spiro atoms. The van der Waals surface area contributed by atoms with E-state index in [1.54, 1.807) is 0 Å². The summed E-state index contributed by atoms with van der Waals surface area (Å²) >= 11 is 0. The summed E-state index contributed by atoms with van der Waals surface area (Å²) < 4.78 is 5.74. The molecule has 2 unspecified atom stereocenters. The summed E-state index contributed by atoms with van der Waals surface area (Å²) in [5, 5.41) is 0. The van der Waals surface area contributed by atoms with E-state index in [9.17, 15) is 4.79 Å². The van der Waals surface area contributed by atoms with Gasteiger partial charge in [-0.25, -0.2) is 5.84 Å². The zero-order valence-electron chi connectivity index (χ0n) is 12.0. The summed E-state index contributed by atoms with van der Waals surface area (Å²) in [6, 6.07) is 7.88. The molecule has 19 heavy (non-hydrogen) atoms. The second-order valence-electron chi connectivity index (χ2n) is 4.88. The van der Waals surface area contributed by atoms with Crippen LogP contribution in [-0.4, -0.2) is 12.0 Å². The minimum Gasteiger partial charge on any atom is -0.374 e. The number of nitrogens with two attached hydrogens (primary N) is 1. The van der Waals surface area contributed by atoms with Gasteiger partial charge in [0.05, 0.1) is 18.6 Å². The lowest BCUT2D eigenvalue weighted by atomic mass is 9.99. The average Bonchev–Trinajstić information content (AvgIpc) is 2.44. The molecule has 0 heterocycles. The molecule has 4 heteroatoms. The van der Waals surface area contributed by atoms with Crippen LogP contribution in [-0.2, 0) is 16.1 Å². The predicted molar refractivity (Wildman–Crippen MR) is 76.3 cm³/mol. The van der Waals surface area contributed by atoms with Gasteiger partial charge in [0.2, 0.25) is 5.91 Å². The largest absolute Gasteiger partial charge is 0.374 e. The Hall–Kier alpha value is -1.39. The fourth-order valence-electron chi connectivity index (χ4n) is 1.91. The molecule has 0 fully saturated rings. The number of carbonyl (C=O) groups excluding carboxylic acids is 1. The van der Waals surface area contributed by atoms with Gasteiger partial charge in [0, 0.05) is 0 Å².